The van der Waals surface area contributed by atoms with Crippen LogP contribution in [-0.2, 0) is 15.0 Å². The van der Waals surface area contributed by atoms with Crippen LogP contribution in [0.5, 0.6) is 0 Å². The Kier molecular flexibility index (Phi) is 3.25. The zero-order valence-electron chi connectivity index (χ0n) is 12.8. The van der Waals surface area contributed by atoms with Crippen LogP contribution in [0.4, 0.5) is 11.4 Å². The predicted octanol–water partition coefficient (Wildman–Crippen LogP) is 3.42. The quantitative estimate of drug-likeness (QED) is 0.782. The van der Waals surface area contributed by atoms with E-state index in [1.807, 2.05) is 24.3 Å². The average molecular weight is 339 g/mol. The summed E-state index contributed by atoms with van der Waals surface area (Å²) in [6.45, 7) is 0. The van der Waals surface area contributed by atoms with Crippen LogP contribution in [0.2, 0.25) is 5.02 Å². The van der Waals surface area contributed by atoms with E-state index in [1.54, 1.807) is 24.3 Å². The molecule has 4 rings (SSSR count). The van der Waals surface area contributed by atoms with Crippen molar-refractivity contribution in [2.75, 3.05) is 11.1 Å². The summed E-state index contributed by atoms with van der Waals surface area (Å²) in [5.41, 5.74) is 8.03. The number of ketones is 1. The van der Waals surface area contributed by atoms with E-state index in [0.717, 1.165) is 11.1 Å². The zero-order chi connectivity index (χ0) is 16.9. The number of halogens is 1. The molecule has 2 aliphatic rings. The van der Waals surface area contributed by atoms with Crippen LogP contribution in [0.1, 0.15) is 23.5 Å². The molecule has 120 valence electrons. The molecule has 2 atom stereocenters. The minimum atomic E-state index is -0.915. The lowest BCUT2D eigenvalue weighted by Crippen LogP contribution is -2.41. The number of benzene rings is 2. The fourth-order valence-corrected chi connectivity index (χ4v) is 3.94. The van der Waals surface area contributed by atoms with Gasteiger partial charge in [-0.1, -0.05) is 35.9 Å². The number of allylic oxidation sites excluding steroid dienone is 1. The molecule has 0 fully saturated rings. The van der Waals surface area contributed by atoms with Crippen molar-refractivity contribution < 1.29 is 9.59 Å². The first kappa shape index (κ1) is 15.0. The van der Waals surface area contributed by atoms with Gasteiger partial charge < -0.3 is 11.1 Å². The van der Waals surface area contributed by atoms with E-state index >= 15 is 0 Å². The molecule has 0 aromatic heterocycles. The lowest BCUT2D eigenvalue weighted by Gasteiger charge is -2.36. The summed E-state index contributed by atoms with van der Waals surface area (Å²) in [5, 5.41) is 3.47. The second kappa shape index (κ2) is 5.21. The highest BCUT2D eigenvalue weighted by molar-refractivity contribution is 6.31. The van der Waals surface area contributed by atoms with Gasteiger partial charge >= 0.3 is 0 Å². The van der Waals surface area contributed by atoms with Gasteiger partial charge in [-0.2, -0.15) is 0 Å². The SMILES string of the molecule is Nc1cccc([C@H]2CC(=O)C=C[C@@]23C(=O)Nc2cc(Cl)ccc23)c1. The third-order valence-electron chi connectivity index (χ3n) is 4.85. The highest BCUT2D eigenvalue weighted by atomic mass is 35.5. The van der Waals surface area contributed by atoms with Gasteiger partial charge in [0.2, 0.25) is 5.91 Å². The maximum absolute atomic E-state index is 12.9. The second-order valence-electron chi connectivity index (χ2n) is 6.24. The van der Waals surface area contributed by atoms with Crippen LogP contribution in [-0.4, -0.2) is 11.7 Å². The molecule has 1 heterocycles. The Morgan fingerprint density at radius 1 is 1.17 bits per heavy atom. The van der Waals surface area contributed by atoms with Crippen molar-refractivity contribution in [1.29, 1.82) is 0 Å². The monoisotopic (exact) mass is 338 g/mol. The van der Waals surface area contributed by atoms with Crippen LogP contribution >= 0.6 is 11.6 Å². The van der Waals surface area contributed by atoms with Crippen LogP contribution in [0, 0.1) is 0 Å². The highest BCUT2D eigenvalue weighted by Gasteiger charge is 2.53. The number of nitrogen functional groups attached to an aromatic ring is 1. The molecule has 0 bridgehead atoms. The maximum Gasteiger partial charge on any atom is 0.239 e. The zero-order valence-corrected chi connectivity index (χ0v) is 13.5. The van der Waals surface area contributed by atoms with E-state index in [-0.39, 0.29) is 24.0 Å². The number of nitrogens with one attached hydrogen (secondary N) is 1. The number of amides is 1. The molecule has 2 aromatic carbocycles. The van der Waals surface area contributed by atoms with Gasteiger partial charge in [0, 0.05) is 28.7 Å². The fraction of sp³-hybridized carbons (Fsp3) is 0.158. The molecule has 0 unspecified atom stereocenters. The molecule has 1 spiro atoms. The standard InChI is InChI=1S/C19H15ClN2O2/c20-12-4-5-15-17(9-12)22-18(24)19(15)7-6-14(23)10-16(19)11-2-1-3-13(21)8-11/h1-9,16H,10,21H2,(H,22,24)/t16-,19+/m1/s1. The Balaban J connectivity index is 1.95. The third-order valence-corrected chi connectivity index (χ3v) is 5.09. The van der Waals surface area contributed by atoms with Crippen LogP contribution in [0.15, 0.2) is 54.6 Å². The lowest BCUT2D eigenvalue weighted by molar-refractivity contribution is -0.121. The third kappa shape index (κ3) is 2.07. The molecule has 0 radical (unpaired) electrons. The van der Waals surface area contributed by atoms with Gasteiger partial charge in [-0.3, -0.25) is 9.59 Å². The summed E-state index contributed by atoms with van der Waals surface area (Å²) in [7, 11) is 0. The Hall–Kier alpha value is -2.59. The Bertz CT molecular complexity index is 906. The number of nitrogens with two attached hydrogens (primary N) is 1. The minimum Gasteiger partial charge on any atom is -0.399 e. The van der Waals surface area contributed by atoms with Crippen LogP contribution in [0.3, 0.4) is 0 Å². The summed E-state index contributed by atoms with van der Waals surface area (Å²) in [6, 6.07) is 12.7. The van der Waals surface area contributed by atoms with Crippen LogP contribution in [0.25, 0.3) is 0 Å². The molecule has 1 aliphatic carbocycles. The van der Waals surface area contributed by atoms with Crippen molar-refractivity contribution in [1.82, 2.24) is 0 Å². The lowest BCUT2D eigenvalue weighted by atomic mass is 9.64. The van der Waals surface area contributed by atoms with Crippen molar-refractivity contribution in [3.8, 4) is 0 Å². The largest absolute Gasteiger partial charge is 0.399 e. The summed E-state index contributed by atoms with van der Waals surface area (Å²) in [4.78, 5) is 25.0. The molecule has 3 N–H and O–H groups in total. The number of carbonyl (C=O) groups excluding carboxylic acids is 2. The molecule has 1 aliphatic heterocycles. The van der Waals surface area contributed by atoms with E-state index in [2.05, 4.69) is 5.32 Å². The highest BCUT2D eigenvalue weighted by Crippen LogP contribution is 2.52. The molecule has 24 heavy (non-hydrogen) atoms. The number of hydrogen-bond donors (Lipinski definition) is 2. The van der Waals surface area contributed by atoms with E-state index in [1.165, 1.54) is 6.08 Å². The summed E-state index contributed by atoms with van der Waals surface area (Å²) >= 11 is 6.06. The van der Waals surface area contributed by atoms with Crippen LogP contribution < -0.4 is 11.1 Å². The Morgan fingerprint density at radius 2 is 2.00 bits per heavy atom. The molecular formula is C19H15ClN2O2. The van der Waals surface area contributed by atoms with Gasteiger partial charge in [0.15, 0.2) is 5.78 Å². The average Bonchev–Trinajstić information content (AvgIpc) is 2.81. The second-order valence-corrected chi connectivity index (χ2v) is 6.68. The van der Waals surface area contributed by atoms with Gasteiger partial charge in [0.25, 0.3) is 0 Å². The molecule has 1 amide bonds. The van der Waals surface area contributed by atoms with E-state index < -0.39 is 5.41 Å². The van der Waals surface area contributed by atoms with Gasteiger partial charge in [-0.05, 0) is 41.5 Å². The molecule has 0 saturated heterocycles. The first-order valence-corrected chi connectivity index (χ1v) is 8.07. The Labute approximate surface area is 144 Å². The smallest absolute Gasteiger partial charge is 0.239 e. The molecule has 5 heteroatoms. The topological polar surface area (TPSA) is 72.2 Å². The van der Waals surface area contributed by atoms with E-state index in [0.29, 0.717) is 16.4 Å². The van der Waals surface area contributed by atoms with Crippen molar-refractivity contribution >= 4 is 34.7 Å². The predicted molar refractivity (Wildman–Crippen MR) is 94.1 cm³/mol. The number of fused-ring (bicyclic) bond motifs is 2. The summed E-state index contributed by atoms with van der Waals surface area (Å²) in [5.74, 6) is -0.444. The van der Waals surface area contributed by atoms with Gasteiger partial charge in [-0.25, -0.2) is 0 Å². The number of anilines is 2. The molecule has 4 nitrogen and oxygen atoms in total. The van der Waals surface area contributed by atoms with Crippen molar-refractivity contribution in [3.63, 3.8) is 0 Å². The van der Waals surface area contributed by atoms with Crippen molar-refractivity contribution in [2.24, 2.45) is 0 Å². The number of hydrogen-bond acceptors (Lipinski definition) is 3. The van der Waals surface area contributed by atoms with Crippen molar-refractivity contribution in [3.05, 3.63) is 70.8 Å². The fourth-order valence-electron chi connectivity index (χ4n) is 3.77. The molecule has 0 saturated carbocycles. The maximum atomic E-state index is 12.9. The minimum absolute atomic E-state index is 0.00302. The molecular weight excluding hydrogens is 324 g/mol. The first-order chi connectivity index (χ1) is 11.5. The van der Waals surface area contributed by atoms with Crippen molar-refractivity contribution in [2.45, 2.75) is 17.8 Å². The number of carbonyl (C=O) groups is 2. The summed E-state index contributed by atoms with van der Waals surface area (Å²) in [6.07, 6.45) is 3.49. The summed E-state index contributed by atoms with van der Waals surface area (Å²) < 4.78 is 0. The van der Waals surface area contributed by atoms with E-state index in [4.69, 9.17) is 17.3 Å². The number of rotatable bonds is 1. The molecule has 2 aromatic rings. The van der Waals surface area contributed by atoms with Gasteiger partial charge in [0.1, 0.15) is 5.41 Å². The normalized spacial score (nSPS) is 25.0. The Morgan fingerprint density at radius 3 is 2.79 bits per heavy atom. The van der Waals surface area contributed by atoms with Gasteiger partial charge in [0.05, 0.1) is 0 Å². The first-order valence-electron chi connectivity index (χ1n) is 7.70. The van der Waals surface area contributed by atoms with E-state index in [9.17, 15) is 9.59 Å². The van der Waals surface area contributed by atoms with Gasteiger partial charge in [-0.15, -0.1) is 0 Å².